The second kappa shape index (κ2) is 8.17. The average Bonchev–Trinajstić information content (AvgIpc) is 3.15. The van der Waals surface area contributed by atoms with E-state index in [4.69, 9.17) is 9.47 Å². The molecule has 0 spiro atoms. The van der Waals surface area contributed by atoms with E-state index in [2.05, 4.69) is 5.32 Å². The molecule has 1 aromatic carbocycles. The predicted molar refractivity (Wildman–Crippen MR) is 99.2 cm³/mol. The number of ether oxygens (including phenoxy) is 2. The van der Waals surface area contributed by atoms with E-state index in [9.17, 15) is 13.2 Å². The first-order chi connectivity index (χ1) is 12.5. The maximum Gasteiger partial charge on any atom is 0.243 e. The molecule has 2 aromatic rings. The van der Waals surface area contributed by atoms with E-state index in [1.165, 1.54) is 34.9 Å². The summed E-state index contributed by atoms with van der Waals surface area (Å²) < 4.78 is 37.4. The average molecular weight is 396 g/mol. The van der Waals surface area contributed by atoms with Crippen LogP contribution < -0.4 is 10.1 Å². The highest BCUT2D eigenvalue weighted by Crippen LogP contribution is 2.29. The van der Waals surface area contributed by atoms with Crippen LogP contribution in [0.15, 0.2) is 39.9 Å². The Balaban J connectivity index is 1.82. The topological polar surface area (TPSA) is 84.9 Å². The van der Waals surface area contributed by atoms with Crippen LogP contribution in [-0.2, 0) is 26.0 Å². The second-order valence-corrected chi connectivity index (χ2v) is 8.45. The lowest BCUT2D eigenvalue weighted by Gasteiger charge is -2.26. The number of amides is 1. The van der Waals surface area contributed by atoms with Gasteiger partial charge in [0.15, 0.2) is 0 Å². The number of carbonyl (C=O) groups excluding carboxylic acids is 1. The Morgan fingerprint density at radius 3 is 2.73 bits per heavy atom. The number of thiophene rings is 1. The number of morpholine rings is 1. The summed E-state index contributed by atoms with van der Waals surface area (Å²) in [6.45, 7) is 1.38. The van der Waals surface area contributed by atoms with Gasteiger partial charge in [-0.15, -0.1) is 0 Å². The van der Waals surface area contributed by atoms with Crippen molar-refractivity contribution in [2.45, 2.75) is 11.3 Å². The van der Waals surface area contributed by atoms with Crippen LogP contribution in [0.4, 0.5) is 5.69 Å². The molecule has 1 fully saturated rings. The third-order valence-electron chi connectivity index (χ3n) is 4.00. The van der Waals surface area contributed by atoms with E-state index in [0.29, 0.717) is 37.7 Å². The predicted octanol–water partition coefficient (Wildman–Crippen LogP) is 1.96. The van der Waals surface area contributed by atoms with E-state index >= 15 is 0 Å². The fourth-order valence-corrected chi connectivity index (χ4v) is 4.76. The summed E-state index contributed by atoms with van der Waals surface area (Å²) in [7, 11) is -2.17. The normalized spacial score (nSPS) is 15.6. The Morgan fingerprint density at radius 1 is 1.31 bits per heavy atom. The van der Waals surface area contributed by atoms with E-state index < -0.39 is 10.0 Å². The summed E-state index contributed by atoms with van der Waals surface area (Å²) >= 11 is 1.52. The highest BCUT2D eigenvalue weighted by molar-refractivity contribution is 7.89. The van der Waals surface area contributed by atoms with Gasteiger partial charge in [-0.3, -0.25) is 4.79 Å². The van der Waals surface area contributed by atoms with Gasteiger partial charge in [-0.25, -0.2) is 8.42 Å². The summed E-state index contributed by atoms with van der Waals surface area (Å²) in [5, 5.41) is 6.55. The van der Waals surface area contributed by atoms with Crippen LogP contribution in [0.2, 0.25) is 0 Å². The maximum absolute atomic E-state index is 12.8. The third kappa shape index (κ3) is 4.24. The quantitative estimate of drug-likeness (QED) is 0.807. The Labute approximate surface area is 156 Å². The molecular weight excluding hydrogens is 376 g/mol. The fraction of sp³-hybridized carbons (Fsp3) is 0.353. The molecule has 1 amide bonds. The van der Waals surface area contributed by atoms with E-state index in [0.717, 1.165) is 5.56 Å². The van der Waals surface area contributed by atoms with Crippen molar-refractivity contribution in [2.24, 2.45) is 0 Å². The zero-order chi connectivity index (χ0) is 18.6. The largest absolute Gasteiger partial charge is 0.495 e. The highest BCUT2D eigenvalue weighted by atomic mass is 32.2. The lowest BCUT2D eigenvalue weighted by atomic mass is 10.2. The lowest BCUT2D eigenvalue weighted by Crippen LogP contribution is -2.40. The minimum absolute atomic E-state index is 0.117. The number of sulfonamides is 1. The molecule has 0 bridgehead atoms. The molecule has 1 aliphatic heterocycles. The first-order valence-electron chi connectivity index (χ1n) is 8.07. The third-order valence-corrected chi connectivity index (χ3v) is 6.62. The second-order valence-electron chi connectivity index (χ2n) is 5.74. The molecule has 9 heteroatoms. The number of nitrogens with one attached hydrogen (secondary N) is 1. The Morgan fingerprint density at radius 2 is 2.08 bits per heavy atom. The minimum Gasteiger partial charge on any atom is -0.495 e. The smallest absolute Gasteiger partial charge is 0.243 e. The molecule has 0 unspecified atom stereocenters. The summed E-state index contributed by atoms with van der Waals surface area (Å²) in [6.07, 6.45) is 0.215. The molecule has 0 saturated carbocycles. The molecule has 1 N–H and O–H groups in total. The van der Waals surface area contributed by atoms with Crippen LogP contribution in [0.25, 0.3) is 0 Å². The van der Waals surface area contributed by atoms with E-state index in [1.807, 2.05) is 16.8 Å². The van der Waals surface area contributed by atoms with Gasteiger partial charge in [-0.05, 0) is 40.6 Å². The number of hydrogen-bond acceptors (Lipinski definition) is 6. The number of carbonyl (C=O) groups is 1. The summed E-state index contributed by atoms with van der Waals surface area (Å²) in [4.78, 5) is 12.4. The molecule has 26 heavy (non-hydrogen) atoms. The van der Waals surface area contributed by atoms with Crippen molar-refractivity contribution in [1.82, 2.24) is 4.31 Å². The van der Waals surface area contributed by atoms with Gasteiger partial charge in [0.25, 0.3) is 0 Å². The zero-order valence-corrected chi connectivity index (χ0v) is 15.9. The van der Waals surface area contributed by atoms with Gasteiger partial charge in [0.1, 0.15) is 5.75 Å². The van der Waals surface area contributed by atoms with Crippen molar-refractivity contribution in [2.75, 3.05) is 38.7 Å². The minimum atomic E-state index is -3.65. The number of hydrogen-bond donors (Lipinski definition) is 1. The van der Waals surface area contributed by atoms with Gasteiger partial charge in [-0.1, -0.05) is 0 Å². The molecular formula is C17H20N2O5S2. The van der Waals surface area contributed by atoms with Crippen LogP contribution in [-0.4, -0.2) is 52.0 Å². The molecule has 140 valence electrons. The van der Waals surface area contributed by atoms with Gasteiger partial charge in [0, 0.05) is 13.1 Å². The van der Waals surface area contributed by atoms with E-state index in [-0.39, 0.29) is 17.2 Å². The number of rotatable bonds is 6. The van der Waals surface area contributed by atoms with Crippen LogP contribution in [0.5, 0.6) is 5.75 Å². The van der Waals surface area contributed by atoms with Crippen molar-refractivity contribution < 1.29 is 22.7 Å². The first-order valence-corrected chi connectivity index (χ1v) is 10.5. The maximum atomic E-state index is 12.8. The summed E-state index contributed by atoms with van der Waals surface area (Å²) in [6, 6.07) is 6.35. The van der Waals surface area contributed by atoms with Gasteiger partial charge in [-0.2, -0.15) is 15.6 Å². The molecule has 0 aliphatic carbocycles. The van der Waals surface area contributed by atoms with Crippen LogP contribution in [0, 0.1) is 0 Å². The van der Waals surface area contributed by atoms with Crippen molar-refractivity contribution in [3.05, 3.63) is 40.6 Å². The number of methoxy groups -OCH3 is 1. The van der Waals surface area contributed by atoms with Gasteiger partial charge < -0.3 is 14.8 Å². The van der Waals surface area contributed by atoms with E-state index in [1.54, 1.807) is 6.07 Å². The first kappa shape index (κ1) is 18.8. The SMILES string of the molecule is COc1ccc(S(=O)(=O)N2CCOCC2)cc1NC(=O)Cc1ccsc1. The Hall–Kier alpha value is -1.94. The highest BCUT2D eigenvalue weighted by Gasteiger charge is 2.27. The standard InChI is InChI=1S/C17H20N2O5S2/c1-23-16-3-2-14(26(21,22)19-5-7-24-8-6-19)11-15(16)18-17(20)10-13-4-9-25-12-13/h2-4,9,11-12H,5-8,10H2,1H3,(H,18,20). The summed E-state index contributed by atoms with van der Waals surface area (Å²) in [5.74, 6) is 0.173. The zero-order valence-electron chi connectivity index (χ0n) is 14.3. The molecule has 0 atom stereocenters. The van der Waals surface area contributed by atoms with Crippen molar-refractivity contribution in [1.29, 1.82) is 0 Å². The van der Waals surface area contributed by atoms with Gasteiger partial charge >= 0.3 is 0 Å². The molecule has 3 rings (SSSR count). The monoisotopic (exact) mass is 396 g/mol. The molecule has 1 saturated heterocycles. The molecule has 2 heterocycles. The van der Waals surface area contributed by atoms with Gasteiger partial charge in [0.05, 0.1) is 37.3 Å². The van der Waals surface area contributed by atoms with Crippen molar-refractivity contribution >= 4 is 33.0 Å². The Kier molecular flexibility index (Phi) is 5.92. The molecule has 0 radical (unpaired) electrons. The number of anilines is 1. The Bertz CT molecular complexity index is 859. The fourth-order valence-electron chi connectivity index (χ4n) is 2.65. The molecule has 1 aliphatic rings. The molecule has 7 nitrogen and oxygen atoms in total. The van der Waals surface area contributed by atoms with Crippen LogP contribution >= 0.6 is 11.3 Å². The van der Waals surface area contributed by atoms with Gasteiger partial charge in [0.2, 0.25) is 15.9 Å². The van der Waals surface area contributed by atoms with Crippen molar-refractivity contribution in [3.63, 3.8) is 0 Å². The summed E-state index contributed by atoms with van der Waals surface area (Å²) in [5.41, 5.74) is 1.24. The number of nitrogens with zero attached hydrogens (tertiary/aromatic N) is 1. The van der Waals surface area contributed by atoms with Crippen molar-refractivity contribution in [3.8, 4) is 5.75 Å². The van der Waals surface area contributed by atoms with Crippen LogP contribution in [0.3, 0.4) is 0 Å². The van der Waals surface area contributed by atoms with Crippen LogP contribution in [0.1, 0.15) is 5.56 Å². The number of benzene rings is 1. The lowest BCUT2D eigenvalue weighted by molar-refractivity contribution is -0.115. The molecule has 1 aromatic heterocycles.